The molecular formula is C13H19ClN2OS. The number of hydrogen-bond acceptors (Lipinski definition) is 3. The number of rotatable bonds is 3. The van der Waals surface area contributed by atoms with Crippen LogP contribution in [0.4, 0.5) is 0 Å². The molecule has 0 aromatic carbocycles. The van der Waals surface area contributed by atoms with Gasteiger partial charge < -0.3 is 10.6 Å². The molecular weight excluding hydrogens is 268 g/mol. The van der Waals surface area contributed by atoms with Gasteiger partial charge in [0.05, 0.1) is 4.88 Å². The van der Waals surface area contributed by atoms with Crippen LogP contribution >= 0.6 is 23.7 Å². The van der Waals surface area contributed by atoms with Crippen LogP contribution in [0.2, 0.25) is 0 Å². The number of fused-ring (bicyclic) bond motifs is 1. The Morgan fingerprint density at radius 3 is 2.83 bits per heavy atom. The van der Waals surface area contributed by atoms with E-state index in [0.717, 1.165) is 30.9 Å². The summed E-state index contributed by atoms with van der Waals surface area (Å²) in [5.74, 6) is 0.754. The van der Waals surface area contributed by atoms with E-state index in [4.69, 9.17) is 0 Å². The quantitative estimate of drug-likeness (QED) is 0.892. The molecule has 1 aromatic heterocycles. The standard InChI is InChI=1S/C13H18N2OS.ClH/c16-13(15-8-9-6-14-7-9)12-5-10-3-1-2-4-11(10)17-12;/h5,9,14H,1-4,6-8H2,(H,15,16);1H. The van der Waals surface area contributed by atoms with E-state index in [1.807, 2.05) is 0 Å². The summed E-state index contributed by atoms with van der Waals surface area (Å²) >= 11 is 1.69. The Morgan fingerprint density at radius 1 is 1.39 bits per heavy atom. The molecule has 0 saturated carbocycles. The lowest BCUT2D eigenvalue weighted by Crippen LogP contribution is -2.48. The van der Waals surface area contributed by atoms with E-state index in [1.54, 1.807) is 11.3 Å². The van der Waals surface area contributed by atoms with Gasteiger partial charge in [-0.2, -0.15) is 0 Å². The van der Waals surface area contributed by atoms with Crippen molar-refractivity contribution in [2.45, 2.75) is 25.7 Å². The van der Waals surface area contributed by atoms with E-state index in [9.17, 15) is 4.79 Å². The predicted molar refractivity (Wildman–Crippen MR) is 76.9 cm³/mol. The predicted octanol–water partition coefficient (Wildman–Crippen LogP) is 2.00. The number of aryl methyl sites for hydroxylation is 2. The molecule has 0 spiro atoms. The average Bonchev–Trinajstić information content (AvgIpc) is 2.70. The first-order valence-electron chi connectivity index (χ1n) is 6.43. The Kier molecular flexibility index (Phi) is 4.65. The fraction of sp³-hybridized carbons (Fsp3) is 0.615. The SMILES string of the molecule is Cl.O=C(NCC1CNC1)c1cc2c(s1)CCCC2. The second kappa shape index (κ2) is 6.04. The molecule has 1 aliphatic heterocycles. The fourth-order valence-electron chi connectivity index (χ4n) is 2.42. The van der Waals surface area contributed by atoms with Gasteiger partial charge >= 0.3 is 0 Å². The third-order valence-electron chi connectivity index (χ3n) is 3.64. The first-order valence-corrected chi connectivity index (χ1v) is 7.25. The number of nitrogens with one attached hydrogen (secondary N) is 2. The van der Waals surface area contributed by atoms with E-state index < -0.39 is 0 Å². The lowest BCUT2D eigenvalue weighted by Gasteiger charge is -2.26. The van der Waals surface area contributed by atoms with Gasteiger partial charge in [-0.25, -0.2) is 0 Å². The maximum Gasteiger partial charge on any atom is 0.261 e. The average molecular weight is 287 g/mol. The summed E-state index contributed by atoms with van der Waals surface area (Å²) in [5, 5.41) is 6.26. The summed E-state index contributed by atoms with van der Waals surface area (Å²) in [6, 6.07) is 2.10. The van der Waals surface area contributed by atoms with Gasteiger partial charge in [0, 0.05) is 30.4 Å². The Hall–Kier alpha value is -0.580. The highest BCUT2D eigenvalue weighted by molar-refractivity contribution is 7.14. The van der Waals surface area contributed by atoms with Crippen LogP contribution in [0.25, 0.3) is 0 Å². The minimum atomic E-state index is 0. The molecule has 1 saturated heterocycles. The van der Waals surface area contributed by atoms with Crippen LogP contribution in [-0.4, -0.2) is 25.5 Å². The van der Waals surface area contributed by atoms with Gasteiger partial charge in [-0.3, -0.25) is 4.79 Å². The second-order valence-electron chi connectivity index (χ2n) is 5.00. The number of halogens is 1. The van der Waals surface area contributed by atoms with E-state index in [0.29, 0.717) is 5.92 Å². The highest BCUT2D eigenvalue weighted by Crippen LogP contribution is 2.29. The van der Waals surface area contributed by atoms with Gasteiger partial charge in [0.25, 0.3) is 5.91 Å². The van der Waals surface area contributed by atoms with Crippen molar-refractivity contribution in [3.05, 3.63) is 21.4 Å². The molecule has 0 atom stereocenters. The zero-order valence-electron chi connectivity index (χ0n) is 10.3. The number of carbonyl (C=O) groups is 1. The third-order valence-corrected chi connectivity index (χ3v) is 4.87. The molecule has 18 heavy (non-hydrogen) atoms. The Labute approximate surface area is 118 Å². The van der Waals surface area contributed by atoms with Gasteiger partial charge in [-0.15, -0.1) is 23.7 Å². The summed E-state index contributed by atoms with van der Waals surface area (Å²) in [6.07, 6.45) is 4.88. The zero-order valence-corrected chi connectivity index (χ0v) is 12.0. The second-order valence-corrected chi connectivity index (χ2v) is 6.14. The lowest BCUT2D eigenvalue weighted by molar-refractivity contribution is 0.0946. The van der Waals surface area contributed by atoms with Gasteiger partial charge in [0.1, 0.15) is 0 Å². The van der Waals surface area contributed by atoms with Crippen molar-refractivity contribution >= 4 is 29.7 Å². The fourth-order valence-corrected chi connectivity index (χ4v) is 3.59. The van der Waals surface area contributed by atoms with E-state index in [-0.39, 0.29) is 18.3 Å². The van der Waals surface area contributed by atoms with Crippen LogP contribution in [0, 0.1) is 5.92 Å². The molecule has 2 aliphatic rings. The Balaban J connectivity index is 0.00000120. The van der Waals surface area contributed by atoms with Crippen LogP contribution in [0.15, 0.2) is 6.07 Å². The number of amides is 1. The molecule has 2 heterocycles. The molecule has 1 aliphatic carbocycles. The zero-order chi connectivity index (χ0) is 11.7. The van der Waals surface area contributed by atoms with E-state index >= 15 is 0 Å². The summed E-state index contributed by atoms with van der Waals surface area (Å²) in [6.45, 7) is 2.90. The van der Waals surface area contributed by atoms with Crippen molar-refractivity contribution in [2.75, 3.05) is 19.6 Å². The summed E-state index contributed by atoms with van der Waals surface area (Å²) < 4.78 is 0. The number of thiophene rings is 1. The first-order chi connectivity index (χ1) is 8.33. The molecule has 0 bridgehead atoms. The molecule has 5 heteroatoms. The molecule has 3 rings (SSSR count). The van der Waals surface area contributed by atoms with Gasteiger partial charge in [-0.05, 0) is 37.3 Å². The van der Waals surface area contributed by atoms with Gasteiger partial charge in [0.2, 0.25) is 0 Å². The first kappa shape index (κ1) is 13.8. The smallest absolute Gasteiger partial charge is 0.261 e. The van der Waals surface area contributed by atoms with Crippen molar-refractivity contribution in [1.82, 2.24) is 10.6 Å². The van der Waals surface area contributed by atoms with E-state index in [2.05, 4.69) is 16.7 Å². The molecule has 0 radical (unpaired) electrons. The number of carbonyl (C=O) groups excluding carboxylic acids is 1. The van der Waals surface area contributed by atoms with E-state index in [1.165, 1.54) is 29.7 Å². The van der Waals surface area contributed by atoms with Crippen molar-refractivity contribution in [3.8, 4) is 0 Å². The van der Waals surface area contributed by atoms with Gasteiger partial charge in [-0.1, -0.05) is 0 Å². The van der Waals surface area contributed by atoms with Gasteiger partial charge in [0.15, 0.2) is 0 Å². The minimum Gasteiger partial charge on any atom is -0.351 e. The maximum atomic E-state index is 12.0. The molecule has 3 nitrogen and oxygen atoms in total. The molecule has 1 fully saturated rings. The van der Waals surface area contributed by atoms with Crippen LogP contribution in [0.3, 0.4) is 0 Å². The summed E-state index contributed by atoms with van der Waals surface area (Å²) in [4.78, 5) is 14.3. The van der Waals surface area contributed by atoms with Crippen molar-refractivity contribution in [2.24, 2.45) is 5.92 Å². The van der Waals surface area contributed by atoms with Crippen LogP contribution in [-0.2, 0) is 12.8 Å². The van der Waals surface area contributed by atoms with Crippen molar-refractivity contribution < 1.29 is 4.79 Å². The Bertz CT molecular complexity index is 405. The number of hydrogen-bond donors (Lipinski definition) is 2. The molecule has 0 unspecified atom stereocenters. The largest absolute Gasteiger partial charge is 0.351 e. The minimum absolute atomic E-state index is 0. The summed E-state index contributed by atoms with van der Waals surface area (Å²) in [7, 11) is 0. The summed E-state index contributed by atoms with van der Waals surface area (Å²) in [5.41, 5.74) is 1.41. The highest BCUT2D eigenvalue weighted by atomic mass is 35.5. The molecule has 1 aromatic rings. The molecule has 2 N–H and O–H groups in total. The third kappa shape index (κ3) is 2.87. The van der Waals surface area contributed by atoms with Crippen molar-refractivity contribution in [3.63, 3.8) is 0 Å². The van der Waals surface area contributed by atoms with Crippen molar-refractivity contribution in [1.29, 1.82) is 0 Å². The molecule has 100 valence electrons. The Morgan fingerprint density at radius 2 is 2.17 bits per heavy atom. The maximum absolute atomic E-state index is 12.0. The molecule has 1 amide bonds. The van der Waals surface area contributed by atoms with Crippen LogP contribution < -0.4 is 10.6 Å². The highest BCUT2D eigenvalue weighted by Gasteiger charge is 2.20. The lowest BCUT2D eigenvalue weighted by atomic mass is 9.99. The normalized spacial score (nSPS) is 18.4. The van der Waals surface area contributed by atoms with Crippen LogP contribution in [0.5, 0.6) is 0 Å². The monoisotopic (exact) mass is 286 g/mol. The van der Waals surface area contributed by atoms with Crippen LogP contribution in [0.1, 0.15) is 33.0 Å². The topological polar surface area (TPSA) is 41.1 Å².